The van der Waals surface area contributed by atoms with Crippen LogP contribution in [-0.4, -0.2) is 25.9 Å². The molecule has 0 fully saturated rings. The van der Waals surface area contributed by atoms with Crippen molar-refractivity contribution in [1.82, 2.24) is 0 Å². The second kappa shape index (κ2) is 8.49. The third-order valence-corrected chi connectivity index (χ3v) is 6.38. The van der Waals surface area contributed by atoms with Crippen LogP contribution in [0, 0.1) is 0 Å². The minimum Gasteiger partial charge on any atom is -0.497 e. The van der Waals surface area contributed by atoms with Crippen molar-refractivity contribution in [2.24, 2.45) is 0 Å². The molecule has 164 valence electrons. The van der Waals surface area contributed by atoms with E-state index in [0.29, 0.717) is 27.8 Å². The normalized spacial score (nSPS) is 17.8. The summed E-state index contributed by atoms with van der Waals surface area (Å²) >= 11 is 12.7. The van der Waals surface area contributed by atoms with Crippen LogP contribution >= 0.6 is 23.2 Å². The Morgan fingerprint density at radius 1 is 0.938 bits per heavy atom. The second-order valence-corrected chi connectivity index (χ2v) is 8.51. The van der Waals surface area contributed by atoms with E-state index in [0.717, 1.165) is 5.56 Å². The van der Waals surface area contributed by atoms with E-state index in [4.69, 9.17) is 32.7 Å². The number of hydrogen-bond donors (Lipinski definition) is 0. The van der Waals surface area contributed by atoms with Crippen molar-refractivity contribution in [3.63, 3.8) is 0 Å². The molecular formula is C25H21Cl2NO4. The second-order valence-electron chi connectivity index (χ2n) is 7.67. The SMILES string of the molecule is COc1ccc(C2(C)C(=O)c3c(Cl)cc(Cl)cc3N(Cc3ccccc3OC)C2=O)cc1. The fourth-order valence-corrected chi connectivity index (χ4v) is 4.63. The summed E-state index contributed by atoms with van der Waals surface area (Å²) in [4.78, 5) is 29.2. The lowest BCUT2D eigenvalue weighted by Crippen LogP contribution is -2.54. The van der Waals surface area contributed by atoms with Crippen LogP contribution in [0.5, 0.6) is 11.5 Å². The molecule has 4 rings (SSSR count). The predicted octanol–water partition coefficient (Wildman–Crippen LogP) is 5.70. The molecule has 1 heterocycles. The monoisotopic (exact) mass is 469 g/mol. The van der Waals surface area contributed by atoms with Crippen molar-refractivity contribution >= 4 is 40.6 Å². The lowest BCUT2D eigenvalue weighted by Gasteiger charge is -2.40. The highest BCUT2D eigenvalue weighted by atomic mass is 35.5. The van der Waals surface area contributed by atoms with Gasteiger partial charge in [-0.15, -0.1) is 0 Å². The standard InChI is InChI=1S/C25H21Cl2NO4/c1-25(16-8-10-18(31-2)11-9-16)23(29)22-19(27)12-17(26)13-20(22)28(24(25)30)14-15-6-4-5-7-21(15)32-3/h4-13H,14H2,1-3H3. The first-order chi connectivity index (χ1) is 15.3. The fourth-order valence-electron chi connectivity index (χ4n) is 4.06. The number of Topliss-reactive ketones (excluding diaryl/α,β-unsaturated/α-hetero) is 1. The summed E-state index contributed by atoms with van der Waals surface area (Å²) in [5, 5.41) is 0.544. The quantitative estimate of drug-likeness (QED) is 0.449. The minimum atomic E-state index is -1.47. The number of ketones is 1. The number of halogens is 2. The number of carbonyl (C=O) groups is 2. The van der Waals surface area contributed by atoms with E-state index in [9.17, 15) is 9.59 Å². The van der Waals surface area contributed by atoms with E-state index >= 15 is 0 Å². The summed E-state index contributed by atoms with van der Waals surface area (Å²) in [5.74, 6) is 0.521. The van der Waals surface area contributed by atoms with Crippen LogP contribution in [0.2, 0.25) is 10.0 Å². The lowest BCUT2D eigenvalue weighted by molar-refractivity contribution is -0.122. The molecule has 0 bridgehead atoms. The number of hydrogen-bond acceptors (Lipinski definition) is 4. The number of rotatable bonds is 5. The number of fused-ring (bicyclic) bond motifs is 1. The van der Waals surface area contributed by atoms with Gasteiger partial charge in [0.2, 0.25) is 5.91 Å². The molecule has 32 heavy (non-hydrogen) atoms. The maximum atomic E-state index is 13.9. The average Bonchev–Trinajstić information content (AvgIpc) is 2.80. The van der Waals surface area contributed by atoms with Crippen LogP contribution in [0.3, 0.4) is 0 Å². The largest absolute Gasteiger partial charge is 0.497 e. The molecule has 0 saturated carbocycles. The maximum absolute atomic E-state index is 13.9. The number of nitrogens with zero attached hydrogens (tertiary/aromatic N) is 1. The molecule has 0 radical (unpaired) electrons. The predicted molar refractivity (Wildman–Crippen MR) is 125 cm³/mol. The number of methoxy groups -OCH3 is 2. The van der Waals surface area contributed by atoms with Gasteiger partial charge in [-0.05, 0) is 42.8 Å². The summed E-state index contributed by atoms with van der Waals surface area (Å²) in [6.07, 6.45) is 0. The summed E-state index contributed by atoms with van der Waals surface area (Å²) in [5.41, 5.74) is 0.517. The molecule has 0 aliphatic carbocycles. The Morgan fingerprint density at radius 2 is 1.62 bits per heavy atom. The number of carbonyl (C=O) groups excluding carboxylic acids is 2. The van der Waals surface area contributed by atoms with Crippen LogP contribution < -0.4 is 14.4 Å². The molecule has 7 heteroatoms. The molecule has 0 saturated heterocycles. The number of ether oxygens (including phenoxy) is 2. The van der Waals surface area contributed by atoms with Crippen LogP contribution in [0.1, 0.15) is 28.4 Å². The summed E-state index contributed by atoms with van der Waals surface area (Å²) < 4.78 is 10.7. The van der Waals surface area contributed by atoms with Crippen LogP contribution in [0.4, 0.5) is 5.69 Å². The van der Waals surface area contributed by atoms with E-state index in [2.05, 4.69) is 0 Å². The zero-order chi connectivity index (χ0) is 23.0. The van der Waals surface area contributed by atoms with E-state index < -0.39 is 5.41 Å². The smallest absolute Gasteiger partial charge is 0.245 e. The maximum Gasteiger partial charge on any atom is 0.245 e. The van der Waals surface area contributed by atoms with Crippen molar-refractivity contribution in [3.05, 3.63) is 87.4 Å². The molecule has 0 aromatic heterocycles. The Kier molecular flexibility index (Phi) is 5.89. The zero-order valence-corrected chi connectivity index (χ0v) is 19.3. The van der Waals surface area contributed by atoms with Gasteiger partial charge in [0.15, 0.2) is 5.78 Å². The van der Waals surface area contributed by atoms with E-state index in [1.807, 2.05) is 24.3 Å². The Hall–Kier alpha value is -3.02. The van der Waals surface area contributed by atoms with Gasteiger partial charge < -0.3 is 14.4 Å². The minimum absolute atomic E-state index is 0.186. The zero-order valence-electron chi connectivity index (χ0n) is 17.8. The highest BCUT2D eigenvalue weighted by molar-refractivity contribution is 6.41. The van der Waals surface area contributed by atoms with Crippen molar-refractivity contribution in [2.45, 2.75) is 18.9 Å². The number of amides is 1. The molecule has 1 aliphatic heterocycles. The van der Waals surface area contributed by atoms with Gasteiger partial charge in [-0.25, -0.2) is 0 Å². The Morgan fingerprint density at radius 3 is 2.28 bits per heavy atom. The molecule has 3 aromatic rings. The Bertz CT molecular complexity index is 1210. The van der Waals surface area contributed by atoms with Crippen LogP contribution in [0.25, 0.3) is 0 Å². The molecule has 0 N–H and O–H groups in total. The fraction of sp³-hybridized carbons (Fsp3) is 0.200. The third kappa shape index (κ3) is 3.51. The van der Waals surface area contributed by atoms with E-state index in [1.54, 1.807) is 56.4 Å². The Labute approximate surface area is 196 Å². The molecule has 5 nitrogen and oxygen atoms in total. The first-order valence-electron chi connectivity index (χ1n) is 9.93. The van der Waals surface area contributed by atoms with Gasteiger partial charge >= 0.3 is 0 Å². The number of para-hydroxylation sites is 1. The highest BCUT2D eigenvalue weighted by Gasteiger charge is 2.51. The van der Waals surface area contributed by atoms with Crippen molar-refractivity contribution < 1.29 is 19.1 Å². The van der Waals surface area contributed by atoms with Gasteiger partial charge in [-0.1, -0.05) is 53.5 Å². The molecule has 1 aliphatic rings. The topological polar surface area (TPSA) is 55.8 Å². The number of anilines is 1. The molecule has 1 atom stereocenters. The highest BCUT2D eigenvalue weighted by Crippen LogP contribution is 2.45. The number of benzene rings is 3. The van der Waals surface area contributed by atoms with Crippen molar-refractivity contribution in [1.29, 1.82) is 0 Å². The molecule has 1 amide bonds. The summed E-state index contributed by atoms with van der Waals surface area (Å²) in [6.45, 7) is 1.81. The van der Waals surface area contributed by atoms with Crippen molar-refractivity contribution in [2.75, 3.05) is 19.1 Å². The van der Waals surface area contributed by atoms with Gasteiger partial charge in [0.1, 0.15) is 16.9 Å². The van der Waals surface area contributed by atoms with Crippen LogP contribution in [0.15, 0.2) is 60.7 Å². The molecule has 0 spiro atoms. The average molecular weight is 470 g/mol. The molecular weight excluding hydrogens is 449 g/mol. The summed E-state index contributed by atoms with van der Waals surface area (Å²) in [7, 11) is 3.13. The van der Waals surface area contributed by atoms with Gasteiger partial charge in [0, 0.05) is 10.6 Å². The Balaban J connectivity index is 1.91. The van der Waals surface area contributed by atoms with Crippen molar-refractivity contribution in [3.8, 4) is 11.5 Å². The first kappa shape index (κ1) is 22.2. The summed E-state index contributed by atoms with van der Waals surface area (Å²) in [6, 6.07) is 17.4. The van der Waals surface area contributed by atoms with E-state index in [-0.39, 0.29) is 28.8 Å². The van der Waals surface area contributed by atoms with E-state index in [1.165, 1.54) is 6.07 Å². The lowest BCUT2D eigenvalue weighted by atomic mass is 9.72. The molecule has 3 aromatic carbocycles. The molecule has 1 unspecified atom stereocenters. The first-order valence-corrected chi connectivity index (χ1v) is 10.7. The van der Waals surface area contributed by atoms with Crippen LogP contribution in [-0.2, 0) is 16.8 Å². The van der Waals surface area contributed by atoms with Gasteiger partial charge in [-0.3, -0.25) is 9.59 Å². The van der Waals surface area contributed by atoms with Gasteiger partial charge in [0.25, 0.3) is 0 Å². The van der Waals surface area contributed by atoms with Gasteiger partial charge in [-0.2, -0.15) is 0 Å². The third-order valence-electron chi connectivity index (χ3n) is 5.87. The van der Waals surface area contributed by atoms with Gasteiger partial charge in [0.05, 0.1) is 37.0 Å².